The lowest BCUT2D eigenvalue weighted by Gasteiger charge is -2.24. The molecule has 62 heavy (non-hydrogen) atoms. The van der Waals surface area contributed by atoms with Gasteiger partial charge in [-0.05, 0) is 64.0 Å². The molecule has 0 aliphatic carbocycles. The van der Waals surface area contributed by atoms with E-state index < -0.39 is 78.5 Å². The van der Waals surface area contributed by atoms with Gasteiger partial charge in [0.1, 0.15) is 18.1 Å². The molecule has 1 aromatic carbocycles. The van der Waals surface area contributed by atoms with E-state index >= 15 is 0 Å². The van der Waals surface area contributed by atoms with Crippen molar-refractivity contribution in [3.05, 3.63) is 35.9 Å². The van der Waals surface area contributed by atoms with Crippen molar-refractivity contribution in [3.8, 4) is 0 Å². The summed E-state index contributed by atoms with van der Waals surface area (Å²) in [4.78, 5) is 112. The van der Waals surface area contributed by atoms with Crippen molar-refractivity contribution in [2.24, 2.45) is 17.4 Å². The zero-order valence-electron chi connectivity index (χ0n) is 35.1. The number of hydroxylamine groups is 1. The van der Waals surface area contributed by atoms with E-state index in [1.54, 1.807) is 30.3 Å². The van der Waals surface area contributed by atoms with Crippen molar-refractivity contribution in [2.45, 2.75) is 119 Å². The van der Waals surface area contributed by atoms with Gasteiger partial charge in [0.05, 0.1) is 25.2 Å². The van der Waals surface area contributed by atoms with Crippen molar-refractivity contribution in [2.75, 3.05) is 31.9 Å². The highest BCUT2D eigenvalue weighted by Crippen LogP contribution is 2.33. The number of urea groups is 1. The van der Waals surface area contributed by atoms with E-state index in [0.717, 1.165) is 25.0 Å². The quantitative estimate of drug-likeness (QED) is 0.0181. The largest absolute Gasteiger partial charge is 0.368 e. The topological polar surface area (TPSA) is 334 Å². The van der Waals surface area contributed by atoms with Crippen molar-refractivity contribution < 1.29 is 48.4 Å². The van der Waals surface area contributed by atoms with E-state index in [2.05, 4.69) is 42.5 Å². The van der Waals surface area contributed by atoms with E-state index in [9.17, 15) is 43.2 Å². The third-order valence-electron chi connectivity index (χ3n) is 10.5. The normalized spacial score (nSPS) is 18.3. The van der Waals surface area contributed by atoms with E-state index in [4.69, 9.17) is 16.7 Å². The molecular weight excluding hydrogens is 827 g/mol. The molecule has 0 saturated carbocycles. The molecule has 22 heteroatoms. The van der Waals surface area contributed by atoms with Crippen molar-refractivity contribution in [1.82, 2.24) is 48.0 Å². The molecule has 344 valence electrons. The minimum Gasteiger partial charge on any atom is -0.368 e. The van der Waals surface area contributed by atoms with Crippen LogP contribution in [0.15, 0.2) is 30.3 Å². The van der Waals surface area contributed by atoms with Gasteiger partial charge >= 0.3 is 6.03 Å². The van der Waals surface area contributed by atoms with Crippen LogP contribution in [0.25, 0.3) is 0 Å². The highest BCUT2D eigenvalue weighted by Gasteiger charge is 2.42. The molecule has 2 saturated heterocycles. The Hall–Kier alpha value is -5.48. The van der Waals surface area contributed by atoms with E-state index in [1.165, 1.54) is 12.4 Å². The summed E-state index contributed by atoms with van der Waals surface area (Å²) in [6, 6.07) is 5.68. The lowest BCUT2D eigenvalue weighted by atomic mass is 9.95. The first-order valence-electron chi connectivity index (χ1n) is 21.1. The lowest BCUT2D eigenvalue weighted by Crippen LogP contribution is -2.55. The average molecular weight is 890 g/mol. The summed E-state index contributed by atoms with van der Waals surface area (Å²) in [7, 11) is 0. The molecule has 14 N–H and O–H groups in total. The molecule has 2 aliphatic rings. The molecule has 2 aliphatic heterocycles. The number of carbonyl (C=O) groups is 9. The van der Waals surface area contributed by atoms with Crippen LogP contribution in [-0.4, -0.2) is 126 Å². The Balaban J connectivity index is 1.34. The van der Waals surface area contributed by atoms with Gasteiger partial charge in [0.15, 0.2) is 0 Å². The van der Waals surface area contributed by atoms with Crippen molar-refractivity contribution >= 4 is 65.1 Å². The third-order valence-corrected chi connectivity index (χ3v) is 12.0. The minimum absolute atomic E-state index is 0.0541. The predicted molar refractivity (Wildman–Crippen MR) is 229 cm³/mol. The summed E-state index contributed by atoms with van der Waals surface area (Å²) in [5.74, 6) is -5.05. The van der Waals surface area contributed by atoms with Crippen LogP contribution in [0.2, 0.25) is 0 Å². The molecule has 1 aromatic rings. The molecule has 0 bridgehead atoms. The molecule has 0 radical (unpaired) electrons. The Morgan fingerprint density at radius 1 is 0.774 bits per heavy atom. The van der Waals surface area contributed by atoms with Gasteiger partial charge in [-0.25, -0.2) is 10.3 Å². The first kappa shape index (κ1) is 50.9. The van der Waals surface area contributed by atoms with Gasteiger partial charge in [-0.15, -0.1) is 0 Å². The molecule has 1 unspecified atom stereocenters. The molecule has 21 nitrogen and oxygen atoms in total. The van der Waals surface area contributed by atoms with E-state index in [1.807, 2.05) is 11.8 Å². The highest BCUT2D eigenvalue weighted by molar-refractivity contribution is 8.00. The Kier molecular flexibility index (Phi) is 22.5. The SMILES string of the molecule is C[C@H](NC(=O)[C@H](Cc1ccccc1)NC(=O)C(CCCCN)CC(=O)NO)C(=O)NCC(=O)NCC(=O)N[C@@H](CCCCNC(=O)CCCC[C@@H]1SC[C@@H]2NC(=O)N[C@@H]21)C(N)=O. The van der Waals surface area contributed by atoms with Gasteiger partial charge in [-0.3, -0.25) is 43.6 Å². The van der Waals surface area contributed by atoms with Gasteiger partial charge in [0.2, 0.25) is 47.3 Å². The summed E-state index contributed by atoms with van der Waals surface area (Å²) in [6.07, 6.45) is 5.26. The number of hydrogen-bond donors (Lipinski definition) is 12. The Morgan fingerprint density at radius 3 is 2.21 bits per heavy atom. The van der Waals surface area contributed by atoms with Crippen LogP contribution in [0, 0.1) is 5.92 Å². The van der Waals surface area contributed by atoms with Crippen LogP contribution in [-0.2, 0) is 44.8 Å². The Bertz CT molecular complexity index is 1690. The maximum Gasteiger partial charge on any atom is 0.315 e. The first-order valence-corrected chi connectivity index (χ1v) is 22.1. The van der Waals surface area contributed by atoms with E-state index in [-0.39, 0.29) is 49.7 Å². The summed E-state index contributed by atoms with van der Waals surface area (Å²) in [6.45, 7) is 1.09. The molecule has 0 aromatic heterocycles. The summed E-state index contributed by atoms with van der Waals surface area (Å²) in [5, 5.41) is 30.5. The number of rotatable bonds is 29. The number of nitrogens with one attached hydrogen (secondary N) is 9. The van der Waals surface area contributed by atoms with Gasteiger partial charge in [-0.2, -0.15) is 11.8 Å². The Labute approximate surface area is 365 Å². The van der Waals surface area contributed by atoms with Crippen LogP contribution in [0.5, 0.6) is 0 Å². The number of benzene rings is 1. The zero-order valence-corrected chi connectivity index (χ0v) is 35.9. The van der Waals surface area contributed by atoms with Crippen LogP contribution in [0.3, 0.4) is 0 Å². The summed E-state index contributed by atoms with van der Waals surface area (Å²) in [5.41, 5.74) is 13.3. The fraction of sp³-hybridized carbons (Fsp3) is 0.625. The number of unbranched alkanes of at least 4 members (excludes halogenated alkanes) is 3. The van der Waals surface area contributed by atoms with Crippen molar-refractivity contribution in [1.29, 1.82) is 0 Å². The van der Waals surface area contributed by atoms with Gasteiger partial charge in [0, 0.05) is 42.7 Å². The first-order chi connectivity index (χ1) is 29.7. The lowest BCUT2D eigenvalue weighted by molar-refractivity contribution is -0.136. The number of fused-ring (bicyclic) bond motifs is 1. The number of thioether (sulfide) groups is 1. The molecule has 2 fully saturated rings. The van der Waals surface area contributed by atoms with Crippen LogP contribution >= 0.6 is 11.8 Å². The smallest absolute Gasteiger partial charge is 0.315 e. The zero-order chi connectivity index (χ0) is 45.4. The maximum absolute atomic E-state index is 13.4. The third kappa shape index (κ3) is 18.6. The van der Waals surface area contributed by atoms with E-state index in [0.29, 0.717) is 56.0 Å². The predicted octanol–water partition coefficient (Wildman–Crippen LogP) is -1.93. The average Bonchev–Trinajstić information content (AvgIpc) is 3.81. The number of carbonyl (C=O) groups excluding carboxylic acids is 9. The summed E-state index contributed by atoms with van der Waals surface area (Å²) < 4.78 is 0. The standard InChI is InChI=1S/C40H63N11O10S/c1-24(46-39(59)28(19-25-11-3-2-4-12-25)48-38(58)26(13-7-9-17-41)20-32(53)51-61)37(57)45-21-33(54)44-22-34(55)47-27(36(42)56)14-8-10-18-43-31(52)16-6-5-15-30-35-29(23-62-30)49-40(60)50-35/h2-4,11-12,24,26-30,35,61H,5-10,13-23,41H2,1H3,(H2,42,56)(H,43,52)(H,44,54)(H,45,57)(H,46,59)(H,47,55)(H,48,58)(H,51,53)(H2,49,50,60)/t24-,26?,27-,28-,29-,30-,35-/m0/s1. The van der Waals surface area contributed by atoms with Crippen LogP contribution in [0.1, 0.15) is 83.1 Å². The molecule has 3 rings (SSSR count). The molecular formula is C40H63N11O10S. The van der Waals surface area contributed by atoms with Crippen molar-refractivity contribution in [3.63, 3.8) is 0 Å². The fourth-order valence-corrected chi connectivity index (χ4v) is 8.56. The molecule has 0 spiro atoms. The highest BCUT2D eigenvalue weighted by atomic mass is 32.2. The van der Waals surface area contributed by atoms with Crippen LogP contribution in [0.4, 0.5) is 4.79 Å². The number of nitrogens with two attached hydrogens (primary N) is 2. The van der Waals surface area contributed by atoms with Gasteiger partial charge in [0.25, 0.3) is 0 Å². The van der Waals surface area contributed by atoms with Gasteiger partial charge in [-0.1, -0.05) is 43.2 Å². The second-order valence-corrected chi connectivity index (χ2v) is 16.7. The molecule has 7 atom stereocenters. The monoisotopic (exact) mass is 889 g/mol. The Morgan fingerprint density at radius 2 is 1.50 bits per heavy atom. The summed E-state index contributed by atoms with van der Waals surface area (Å²) >= 11 is 1.84. The molecule has 2 heterocycles. The second kappa shape index (κ2) is 27.5. The second-order valence-electron chi connectivity index (χ2n) is 15.4. The maximum atomic E-state index is 13.4. The number of amides is 10. The van der Waals surface area contributed by atoms with Gasteiger partial charge < -0.3 is 54.0 Å². The molecule has 10 amide bonds. The van der Waals surface area contributed by atoms with Crippen LogP contribution < -0.4 is 59.5 Å². The fourth-order valence-electron chi connectivity index (χ4n) is 7.02. The number of hydrogen-bond acceptors (Lipinski definition) is 12. The minimum atomic E-state index is -1.16. The number of primary amides is 1.